The fraction of sp³-hybridized carbons (Fsp3) is 1.00. The molecule has 0 aliphatic rings. The average molecular weight is 491 g/mol. The molecule has 32 heavy (non-hydrogen) atoms. The molecule has 0 heterocycles. The maximum atomic E-state index is 6.96. The Morgan fingerprint density at radius 2 is 0.500 bits per heavy atom. The summed E-state index contributed by atoms with van der Waals surface area (Å²) >= 11 is 0. The molecule has 0 fully saturated rings. The highest BCUT2D eigenvalue weighted by molar-refractivity contribution is 6.76. The Balaban J connectivity index is 6.70. The molecule has 0 aromatic carbocycles. The Morgan fingerprint density at radius 1 is 0.344 bits per heavy atom. The fourth-order valence-corrected chi connectivity index (χ4v) is 13.7. The van der Waals surface area contributed by atoms with Gasteiger partial charge in [-0.15, -0.1) is 0 Å². The zero-order chi connectivity index (χ0) is 26.2. The van der Waals surface area contributed by atoms with Crippen LogP contribution in [-0.4, -0.2) is 39.5 Å². The highest BCUT2D eigenvalue weighted by Crippen LogP contribution is 2.51. The van der Waals surface area contributed by atoms with Gasteiger partial charge in [-0.2, -0.15) is 0 Å². The SMILES string of the molecule is CC(C)(C)O[Si](CC[Si](OC(C)(C)C)(OC(C)(C)C)C(C)(C)C)(OC(C)(C)C)C(C)(C)C. The molecule has 0 amide bonds. The third kappa shape index (κ3) is 10.7. The summed E-state index contributed by atoms with van der Waals surface area (Å²) < 4.78 is 27.8. The third-order valence-electron chi connectivity index (χ3n) is 4.95. The van der Waals surface area contributed by atoms with Gasteiger partial charge < -0.3 is 17.7 Å². The summed E-state index contributed by atoms with van der Waals surface area (Å²) in [5, 5.41) is -0.232. The molecule has 0 saturated carbocycles. The van der Waals surface area contributed by atoms with Crippen molar-refractivity contribution < 1.29 is 17.7 Å². The van der Waals surface area contributed by atoms with Crippen molar-refractivity contribution >= 4 is 17.1 Å². The van der Waals surface area contributed by atoms with Gasteiger partial charge in [0.1, 0.15) is 0 Å². The van der Waals surface area contributed by atoms with E-state index < -0.39 is 17.1 Å². The van der Waals surface area contributed by atoms with Crippen molar-refractivity contribution in [3.63, 3.8) is 0 Å². The number of hydrogen-bond acceptors (Lipinski definition) is 4. The van der Waals surface area contributed by atoms with Crippen LogP contribution in [0, 0.1) is 0 Å². The predicted octanol–water partition coefficient (Wildman–Crippen LogP) is 8.73. The Bertz CT molecular complexity index is 502. The van der Waals surface area contributed by atoms with Gasteiger partial charge in [0, 0.05) is 10.1 Å². The van der Waals surface area contributed by atoms with Crippen molar-refractivity contribution in [2.45, 2.75) is 169 Å². The average Bonchev–Trinajstić information content (AvgIpc) is 2.34. The van der Waals surface area contributed by atoms with Crippen LogP contribution in [-0.2, 0) is 17.7 Å². The first kappa shape index (κ1) is 32.3. The van der Waals surface area contributed by atoms with Crippen molar-refractivity contribution in [3.05, 3.63) is 0 Å². The summed E-state index contributed by atoms with van der Waals surface area (Å²) in [6.45, 7) is 39.3. The number of rotatable bonds is 7. The van der Waals surface area contributed by atoms with Gasteiger partial charge in [0.05, 0.1) is 22.4 Å². The highest BCUT2D eigenvalue weighted by atomic mass is 28.4. The van der Waals surface area contributed by atoms with Crippen molar-refractivity contribution in [1.82, 2.24) is 0 Å². The second-order valence-corrected chi connectivity index (χ2v) is 23.2. The molecule has 0 saturated heterocycles. The van der Waals surface area contributed by atoms with E-state index in [1.165, 1.54) is 0 Å². The molecule has 0 aromatic heterocycles. The molecule has 0 unspecified atom stereocenters. The largest absolute Gasteiger partial charge is 0.389 e. The summed E-state index contributed by atoms with van der Waals surface area (Å²) in [7, 11) is -5.47. The van der Waals surface area contributed by atoms with E-state index in [4.69, 9.17) is 17.7 Å². The smallest absolute Gasteiger partial charge is 0.344 e. The quantitative estimate of drug-likeness (QED) is 0.334. The van der Waals surface area contributed by atoms with Gasteiger partial charge in [-0.1, -0.05) is 41.5 Å². The van der Waals surface area contributed by atoms with E-state index in [0.717, 1.165) is 12.1 Å². The molecule has 0 atom stereocenters. The first-order valence-corrected chi connectivity index (χ1v) is 16.4. The summed E-state index contributed by atoms with van der Waals surface area (Å²) in [5.74, 6) is 0. The first-order chi connectivity index (χ1) is 13.5. The number of hydrogen-bond donors (Lipinski definition) is 0. The van der Waals surface area contributed by atoms with Crippen LogP contribution in [0.1, 0.15) is 125 Å². The molecule has 194 valence electrons. The van der Waals surface area contributed by atoms with Gasteiger partial charge in [-0.05, 0) is 95.2 Å². The minimum Gasteiger partial charge on any atom is -0.389 e. The van der Waals surface area contributed by atoms with Crippen molar-refractivity contribution in [2.24, 2.45) is 0 Å². The lowest BCUT2D eigenvalue weighted by atomic mass is 10.2. The van der Waals surface area contributed by atoms with E-state index in [1.807, 2.05) is 0 Å². The van der Waals surface area contributed by atoms with Crippen LogP contribution < -0.4 is 0 Å². The van der Waals surface area contributed by atoms with Gasteiger partial charge in [0.15, 0.2) is 0 Å². The summed E-state index contributed by atoms with van der Waals surface area (Å²) in [4.78, 5) is 0. The van der Waals surface area contributed by atoms with Crippen molar-refractivity contribution in [1.29, 1.82) is 0 Å². The van der Waals surface area contributed by atoms with Crippen molar-refractivity contribution in [2.75, 3.05) is 0 Å². The van der Waals surface area contributed by atoms with Gasteiger partial charge in [0.2, 0.25) is 0 Å². The molecule has 0 N–H and O–H groups in total. The van der Waals surface area contributed by atoms with Crippen LogP contribution >= 0.6 is 0 Å². The van der Waals surface area contributed by atoms with E-state index >= 15 is 0 Å². The third-order valence-corrected chi connectivity index (χ3v) is 15.6. The topological polar surface area (TPSA) is 36.9 Å². The first-order valence-electron chi connectivity index (χ1n) is 12.3. The van der Waals surface area contributed by atoms with Crippen LogP contribution in [0.3, 0.4) is 0 Å². The van der Waals surface area contributed by atoms with Crippen LogP contribution in [0.15, 0.2) is 0 Å². The Kier molecular flexibility index (Phi) is 9.81. The second kappa shape index (κ2) is 9.73. The zero-order valence-electron chi connectivity index (χ0n) is 25.0. The van der Waals surface area contributed by atoms with E-state index in [1.54, 1.807) is 0 Å². The molecule has 0 radical (unpaired) electrons. The zero-order valence-corrected chi connectivity index (χ0v) is 27.0. The van der Waals surface area contributed by atoms with E-state index in [2.05, 4.69) is 125 Å². The minimum atomic E-state index is -2.73. The lowest BCUT2D eigenvalue weighted by molar-refractivity contribution is -0.00593. The Morgan fingerprint density at radius 3 is 0.594 bits per heavy atom. The molecular formula is C26H58O4Si2. The minimum absolute atomic E-state index is 0.116. The van der Waals surface area contributed by atoms with Crippen LogP contribution in [0.4, 0.5) is 0 Å². The normalized spacial score (nSPS) is 15.9. The van der Waals surface area contributed by atoms with Gasteiger partial charge in [-0.25, -0.2) is 0 Å². The monoisotopic (exact) mass is 490 g/mol. The lowest BCUT2D eigenvalue weighted by Crippen LogP contribution is -2.61. The van der Waals surface area contributed by atoms with Gasteiger partial charge in [-0.3, -0.25) is 0 Å². The molecule has 0 spiro atoms. The molecule has 4 nitrogen and oxygen atoms in total. The maximum Gasteiger partial charge on any atom is 0.344 e. The van der Waals surface area contributed by atoms with Crippen LogP contribution in [0.25, 0.3) is 0 Å². The van der Waals surface area contributed by atoms with Crippen LogP contribution in [0.2, 0.25) is 22.2 Å². The molecular weight excluding hydrogens is 432 g/mol. The summed E-state index contributed by atoms with van der Waals surface area (Å²) in [5.41, 5.74) is -1.20. The highest BCUT2D eigenvalue weighted by Gasteiger charge is 2.59. The lowest BCUT2D eigenvalue weighted by Gasteiger charge is -2.52. The van der Waals surface area contributed by atoms with Gasteiger partial charge in [0.25, 0.3) is 0 Å². The van der Waals surface area contributed by atoms with Gasteiger partial charge >= 0.3 is 17.1 Å². The molecule has 0 aliphatic carbocycles. The maximum absolute atomic E-state index is 6.96. The predicted molar refractivity (Wildman–Crippen MR) is 144 cm³/mol. The molecule has 0 aliphatic heterocycles. The summed E-state index contributed by atoms with van der Waals surface area (Å²) in [6, 6.07) is 1.67. The van der Waals surface area contributed by atoms with Crippen LogP contribution in [0.5, 0.6) is 0 Å². The summed E-state index contributed by atoms with van der Waals surface area (Å²) in [6.07, 6.45) is 0. The Labute approximate surface area is 204 Å². The van der Waals surface area contributed by atoms with Crippen molar-refractivity contribution in [3.8, 4) is 0 Å². The second-order valence-electron chi connectivity index (χ2n) is 15.4. The molecule has 6 heteroatoms. The standard InChI is InChI=1S/C26H58O4Si2/c1-21(2,3)27-31(25(13,14)15,28-22(4,5)6)19-20-32(26(16,17)18,29-23(7,8)9)30-24(10,11)12/h19-20H2,1-18H3. The van der Waals surface area contributed by atoms with E-state index in [-0.39, 0.29) is 32.5 Å². The molecule has 0 bridgehead atoms. The Hall–Kier alpha value is 0.274. The fourth-order valence-electron chi connectivity index (χ4n) is 3.92. The van der Waals surface area contributed by atoms with E-state index in [0.29, 0.717) is 0 Å². The molecule has 0 aromatic rings. The van der Waals surface area contributed by atoms with E-state index in [9.17, 15) is 0 Å². The molecule has 0 rings (SSSR count).